The lowest BCUT2D eigenvalue weighted by molar-refractivity contribution is 0.101. The number of H-pyrrole nitrogens is 1. The summed E-state index contributed by atoms with van der Waals surface area (Å²) in [7, 11) is 0. The quantitative estimate of drug-likeness (QED) is 0.521. The van der Waals surface area contributed by atoms with Crippen molar-refractivity contribution in [3.63, 3.8) is 0 Å². The van der Waals surface area contributed by atoms with E-state index >= 15 is 0 Å². The molecule has 1 atom stereocenters. The number of rotatable bonds is 4. The van der Waals surface area contributed by atoms with Gasteiger partial charge in [0.1, 0.15) is 5.76 Å². The van der Waals surface area contributed by atoms with Crippen molar-refractivity contribution in [3.05, 3.63) is 45.7 Å². The van der Waals surface area contributed by atoms with Crippen molar-refractivity contribution < 1.29 is 13.8 Å². The van der Waals surface area contributed by atoms with Crippen molar-refractivity contribution in [1.82, 2.24) is 4.98 Å². The Balaban J connectivity index is 2.26. The van der Waals surface area contributed by atoms with Gasteiger partial charge in [0.25, 0.3) is 0 Å². The van der Waals surface area contributed by atoms with Crippen molar-refractivity contribution in [2.45, 2.75) is 0 Å². The van der Waals surface area contributed by atoms with Crippen LogP contribution in [0.15, 0.2) is 39.4 Å². The van der Waals surface area contributed by atoms with Gasteiger partial charge >= 0.3 is 0 Å². The van der Waals surface area contributed by atoms with E-state index in [-0.39, 0.29) is 11.5 Å². The molecule has 114 valence electrons. The second-order valence-electron chi connectivity index (χ2n) is 4.80. The zero-order valence-electron chi connectivity index (χ0n) is 11.5. The Kier molecular flexibility index (Phi) is 4.36. The summed E-state index contributed by atoms with van der Waals surface area (Å²) in [5.74, 6) is 0.292. The Bertz CT molecular complexity index is 842. The molecular formula is C15H11BrClNO3S. The maximum Gasteiger partial charge on any atom is 0.228 e. The third-order valence-corrected chi connectivity index (χ3v) is 5.09. The molecule has 4 nitrogen and oxygen atoms in total. The maximum atomic E-state index is 12.4. The second-order valence-corrected chi connectivity index (χ2v) is 7.50. The van der Waals surface area contributed by atoms with Crippen LogP contribution in [0.2, 0.25) is 5.02 Å². The SMILES string of the molecule is C[S+]([O-])CC(=O)c1[nH]c2cc(Br)c(Cl)cc2c1-c1ccco1. The average Bonchev–Trinajstić information content (AvgIpc) is 3.05. The summed E-state index contributed by atoms with van der Waals surface area (Å²) < 4.78 is 17.6. The van der Waals surface area contributed by atoms with E-state index in [0.29, 0.717) is 22.0 Å². The lowest BCUT2D eigenvalue weighted by atomic mass is 10.1. The third-order valence-electron chi connectivity index (χ3n) is 3.22. The van der Waals surface area contributed by atoms with E-state index in [2.05, 4.69) is 20.9 Å². The summed E-state index contributed by atoms with van der Waals surface area (Å²) in [6.07, 6.45) is 3.04. The number of nitrogens with one attached hydrogen (secondary N) is 1. The van der Waals surface area contributed by atoms with Gasteiger partial charge in [-0.3, -0.25) is 4.79 Å². The average molecular weight is 401 g/mol. The molecule has 0 saturated carbocycles. The number of hydrogen-bond acceptors (Lipinski definition) is 3. The zero-order chi connectivity index (χ0) is 15.9. The standard InChI is InChI=1S/C15H11BrClNO3S/c1-22(20)7-12(19)15-14(13-3-2-4-21-13)8-5-10(17)9(16)6-11(8)18-15/h2-6,18H,7H2,1H3. The Hall–Kier alpha value is -1.21. The van der Waals surface area contributed by atoms with Crippen LogP contribution in [0.4, 0.5) is 0 Å². The molecule has 7 heteroatoms. The van der Waals surface area contributed by atoms with Crippen molar-refractivity contribution in [3.8, 4) is 11.3 Å². The molecule has 0 aliphatic carbocycles. The number of aromatic nitrogens is 1. The highest BCUT2D eigenvalue weighted by atomic mass is 79.9. The highest BCUT2D eigenvalue weighted by molar-refractivity contribution is 9.10. The highest BCUT2D eigenvalue weighted by Crippen LogP contribution is 2.37. The van der Waals surface area contributed by atoms with E-state index in [0.717, 1.165) is 15.4 Å². The summed E-state index contributed by atoms with van der Waals surface area (Å²) in [5, 5.41) is 1.32. The molecule has 1 aromatic carbocycles. The fraction of sp³-hybridized carbons (Fsp3) is 0.133. The van der Waals surface area contributed by atoms with Crippen LogP contribution in [0, 0.1) is 0 Å². The van der Waals surface area contributed by atoms with Crippen LogP contribution >= 0.6 is 27.5 Å². The minimum Gasteiger partial charge on any atom is -0.616 e. The molecule has 0 aliphatic rings. The molecular weight excluding hydrogens is 390 g/mol. The van der Waals surface area contributed by atoms with Crippen molar-refractivity contribution in [1.29, 1.82) is 0 Å². The minimum absolute atomic E-state index is 0.0462. The van der Waals surface area contributed by atoms with E-state index in [4.69, 9.17) is 16.0 Å². The minimum atomic E-state index is -1.22. The Labute approximate surface area is 143 Å². The predicted octanol–water partition coefficient (Wildman–Crippen LogP) is 4.41. The van der Waals surface area contributed by atoms with Gasteiger partial charge in [-0.05, 0) is 51.4 Å². The first kappa shape index (κ1) is 15.7. The van der Waals surface area contributed by atoms with Gasteiger partial charge in [-0.2, -0.15) is 0 Å². The molecule has 0 aliphatic heterocycles. The van der Waals surface area contributed by atoms with Gasteiger partial charge in [-0.15, -0.1) is 0 Å². The largest absolute Gasteiger partial charge is 0.616 e. The summed E-state index contributed by atoms with van der Waals surface area (Å²) in [6.45, 7) is 0. The van der Waals surface area contributed by atoms with Crippen molar-refractivity contribution >= 4 is 55.4 Å². The van der Waals surface area contributed by atoms with Crippen LogP contribution in [-0.2, 0) is 11.2 Å². The fourth-order valence-electron chi connectivity index (χ4n) is 2.33. The van der Waals surface area contributed by atoms with Crippen molar-refractivity contribution in [2.24, 2.45) is 0 Å². The van der Waals surface area contributed by atoms with Gasteiger partial charge < -0.3 is 14.0 Å². The van der Waals surface area contributed by atoms with Gasteiger partial charge in [0.05, 0.1) is 28.8 Å². The van der Waals surface area contributed by atoms with Gasteiger partial charge in [-0.25, -0.2) is 0 Å². The van der Waals surface area contributed by atoms with Crippen LogP contribution in [0.5, 0.6) is 0 Å². The number of carbonyl (C=O) groups excluding carboxylic acids is 1. The molecule has 0 radical (unpaired) electrons. The third kappa shape index (κ3) is 2.84. The number of Topliss-reactive ketones (excluding diaryl/α,β-unsaturated/α-hetero) is 1. The van der Waals surface area contributed by atoms with Gasteiger partial charge in [-0.1, -0.05) is 11.6 Å². The molecule has 2 heterocycles. The lowest BCUT2D eigenvalue weighted by Crippen LogP contribution is -2.15. The van der Waals surface area contributed by atoms with E-state index in [1.54, 1.807) is 24.5 Å². The van der Waals surface area contributed by atoms with Crippen LogP contribution in [-0.4, -0.2) is 27.3 Å². The molecule has 3 aromatic rings. The van der Waals surface area contributed by atoms with Crippen LogP contribution in [0.3, 0.4) is 0 Å². The maximum absolute atomic E-state index is 12.4. The first-order valence-corrected chi connectivity index (χ1v) is 9.25. The predicted molar refractivity (Wildman–Crippen MR) is 92.0 cm³/mol. The van der Waals surface area contributed by atoms with Crippen LogP contribution in [0.1, 0.15) is 10.5 Å². The number of aromatic amines is 1. The number of halogens is 2. The molecule has 3 rings (SSSR count). The summed E-state index contributed by atoms with van der Waals surface area (Å²) >= 11 is 8.32. The first-order valence-electron chi connectivity index (χ1n) is 6.35. The summed E-state index contributed by atoms with van der Waals surface area (Å²) in [4.78, 5) is 15.5. The molecule has 1 N–H and O–H groups in total. The molecule has 0 fully saturated rings. The van der Waals surface area contributed by atoms with Crippen molar-refractivity contribution in [2.75, 3.05) is 12.0 Å². The molecule has 1 unspecified atom stereocenters. The van der Waals surface area contributed by atoms with E-state index in [9.17, 15) is 9.35 Å². The number of fused-ring (bicyclic) bond motifs is 1. The Morgan fingerprint density at radius 1 is 1.50 bits per heavy atom. The Morgan fingerprint density at radius 3 is 2.91 bits per heavy atom. The van der Waals surface area contributed by atoms with E-state index in [1.165, 1.54) is 6.26 Å². The van der Waals surface area contributed by atoms with Gasteiger partial charge in [0.2, 0.25) is 5.78 Å². The highest BCUT2D eigenvalue weighted by Gasteiger charge is 2.23. The number of hydrogen-bond donors (Lipinski definition) is 1. The van der Waals surface area contributed by atoms with Crippen LogP contribution < -0.4 is 0 Å². The van der Waals surface area contributed by atoms with E-state index in [1.807, 2.05) is 6.07 Å². The molecule has 0 saturated heterocycles. The zero-order valence-corrected chi connectivity index (χ0v) is 14.6. The van der Waals surface area contributed by atoms with Gasteiger partial charge in [0, 0.05) is 15.4 Å². The van der Waals surface area contributed by atoms with Crippen LogP contribution in [0.25, 0.3) is 22.2 Å². The molecule has 0 bridgehead atoms. The number of benzene rings is 1. The summed E-state index contributed by atoms with van der Waals surface area (Å²) in [6, 6.07) is 7.11. The monoisotopic (exact) mass is 399 g/mol. The van der Waals surface area contributed by atoms with E-state index < -0.39 is 11.2 Å². The number of ketones is 1. The fourth-order valence-corrected chi connectivity index (χ4v) is 3.35. The topological polar surface area (TPSA) is 69.1 Å². The summed E-state index contributed by atoms with van der Waals surface area (Å²) in [5.41, 5.74) is 1.78. The smallest absolute Gasteiger partial charge is 0.228 e. The molecule has 22 heavy (non-hydrogen) atoms. The normalized spacial score (nSPS) is 12.7. The molecule has 0 amide bonds. The number of carbonyl (C=O) groups is 1. The molecule has 2 aromatic heterocycles. The second kappa shape index (κ2) is 6.12. The lowest BCUT2D eigenvalue weighted by Gasteiger charge is -2.04. The Morgan fingerprint density at radius 2 is 2.27 bits per heavy atom. The molecule has 0 spiro atoms. The first-order chi connectivity index (χ1) is 10.5. The number of furan rings is 1. The van der Waals surface area contributed by atoms with Gasteiger partial charge in [0.15, 0.2) is 5.75 Å².